The van der Waals surface area contributed by atoms with Crippen molar-refractivity contribution in [2.75, 3.05) is 25.6 Å². The molecule has 0 spiro atoms. The summed E-state index contributed by atoms with van der Waals surface area (Å²) >= 11 is 0. The molecule has 1 saturated carbocycles. The summed E-state index contributed by atoms with van der Waals surface area (Å²) in [5, 5.41) is 3.37. The first-order chi connectivity index (χ1) is 8.54. The quantitative estimate of drug-likeness (QED) is 0.815. The smallest absolute Gasteiger partial charge is 0.133 e. The lowest BCUT2D eigenvalue weighted by atomic mass is 9.84. The molecule has 4 nitrogen and oxygen atoms in total. The van der Waals surface area contributed by atoms with Gasteiger partial charge in [0, 0.05) is 25.1 Å². The molecule has 1 aromatic heterocycles. The monoisotopic (exact) mass is 249 g/mol. The van der Waals surface area contributed by atoms with Gasteiger partial charge in [-0.2, -0.15) is 0 Å². The second-order valence-corrected chi connectivity index (χ2v) is 5.93. The highest BCUT2D eigenvalue weighted by molar-refractivity contribution is 5.51. The van der Waals surface area contributed by atoms with Gasteiger partial charge >= 0.3 is 0 Å². The fourth-order valence-corrected chi connectivity index (χ4v) is 2.21. The summed E-state index contributed by atoms with van der Waals surface area (Å²) < 4.78 is 5.07. The Morgan fingerprint density at radius 1 is 1.33 bits per heavy atom. The van der Waals surface area contributed by atoms with Gasteiger partial charge in [0.25, 0.3) is 0 Å². The van der Waals surface area contributed by atoms with Gasteiger partial charge in [0.05, 0.1) is 12.3 Å². The van der Waals surface area contributed by atoms with Crippen LogP contribution < -0.4 is 5.32 Å². The summed E-state index contributed by atoms with van der Waals surface area (Å²) in [5.74, 6) is 1.61. The molecule has 0 saturated heterocycles. The number of methoxy groups -OCH3 is 1. The summed E-state index contributed by atoms with van der Waals surface area (Å²) in [6, 6.07) is 0. The molecule has 2 rings (SSSR count). The van der Waals surface area contributed by atoms with Crippen molar-refractivity contribution in [1.29, 1.82) is 0 Å². The maximum atomic E-state index is 5.07. The Morgan fingerprint density at radius 3 is 2.61 bits per heavy atom. The number of nitrogens with zero attached hydrogens (tertiary/aromatic N) is 2. The molecule has 0 aliphatic heterocycles. The van der Waals surface area contributed by atoms with Gasteiger partial charge in [-0.1, -0.05) is 20.8 Å². The summed E-state index contributed by atoms with van der Waals surface area (Å²) in [4.78, 5) is 8.92. The lowest BCUT2D eigenvalue weighted by molar-refractivity contribution is 0.210. The topological polar surface area (TPSA) is 47.0 Å². The van der Waals surface area contributed by atoms with Crippen molar-refractivity contribution < 1.29 is 4.74 Å². The molecule has 1 aliphatic rings. The molecule has 1 heterocycles. The Morgan fingerprint density at radius 2 is 2.06 bits per heavy atom. The Kier molecular flexibility index (Phi) is 3.85. The predicted octanol–water partition coefficient (Wildman–Crippen LogP) is 2.71. The number of nitrogens with one attached hydrogen (secondary N) is 1. The van der Waals surface area contributed by atoms with Crippen LogP contribution in [0, 0.1) is 0 Å². The first kappa shape index (κ1) is 13.3. The molecular weight excluding hydrogens is 226 g/mol. The highest BCUT2D eigenvalue weighted by Gasteiger charge is 2.33. The molecule has 100 valence electrons. The van der Waals surface area contributed by atoms with Crippen molar-refractivity contribution >= 4 is 5.82 Å². The number of hydrogen-bond acceptors (Lipinski definition) is 4. The average molecular weight is 249 g/mol. The minimum absolute atomic E-state index is 0.0641. The maximum absolute atomic E-state index is 5.07. The van der Waals surface area contributed by atoms with Crippen LogP contribution in [-0.4, -0.2) is 30.2 Å². The van der Waals surface area contributed by atoms with E-state index >= 15 is 0 Å². The van der Waals surface area contributed by atoms with Gasteiger partial charge in [-0.3, -0.25) is 0 Å². The van der Waals surface area contributed by atoms with Crippen molar-refractivity contribution in [2.45, 2.75) is 44.9 Å². The average Bonchev–Trinajstić information content (AvgIpc) is 3.11. The normalized spacial score (nSPS) is 15.8. The van der Waals surface area contributed by atoms with Gasteiger partial charge in [-0.15, -0.1) is 0 Å². The number of ether oxygens (including phenoxy) is 1. The number of aromatic nitrogens is 2. The van der Waals surface area contributed by atoms with Crippen LogP contribution >= 0.6 is 0 Å². The van der Waals surface area contributed by atoms with Crippen molar-refractivity contribution in [3.63, 3.8) is 0 Å². The van der Waals surface area contributed by atoms with E-state index in [0.29, 0.717) is 12.5 Å². The van der Waals surface area contributed by atoms with Gasteiger partial charge < -0.3 is 10.1 Å². The van der Waals surface area contributed by atoms with E-state index in [0.717, 1.165) is 12.4 Å². The molecule has 1 fully saturated rings. The number of rotatable bonds is 5. The number of anilines is 1. The first-order valence-electron chi connectivity index (χ1n) is 6.62. The lowest BCUT2D eigenvalue weighted by Crippen LogP contribution is -2.21. The van der Waals surface area contributed by atoms with E-state index in [2.05, 4.69) is 36.1 Å². The van der Waals surface area contributed by atoms with Crippen LogP contribution in [0.2, 0.25) is 0 Å². The highest BCUT2D eigenvalue weighted by Crippen LogP contribution is 2.44. The van der Waals surface area contributed by atoms with Crippen molar-refractivity contribution in [3.05, 3.63) is 17.6 Å². The Labute approximate surface area is 109 Å². The van der Waals surface area contributed by atoms with Crippen LogP contribution in [-0.2, 0) is 10.2 Å². The van der Waals surface area contributed by atoms with E-state index in [1.54, 1.807) is 13.4 Å². The zero-order valence-electron chi connectivity index (χ0n) is 11.8. The molecular formula is C14H23N3O. The van der Waals surface area contributed by atoms with Gasteiger partial charge in [0.15, 0.2) is 0 Å². The first-order valence-corrected chi connectivity index (χ1v) is 6.62. The van der Waals surface area contributed by atoms with Gasteiger partial charge in [0.2, 0.25) is 0 Å². The summed E-state index contributed by atoms with van der Waals surface area (Å²) in [6.07, 6.45) is 4.20. The van der Waals surface area contributed by atoms with Gasteiger partial charge in [0.1, 0.15) is 12.1 Å². The molecule has 0 bridgehead atoms. The van der Waals surface area contributed by atoms with Crippen LogP contribution in [0.1, 0.15) is 50.8 Å². The van der Waals surface area contributed by atoms with Crippen LogP contribution in [0.25, 0.3) is 0 Å². The van der Waals surface area contributed by atoms with Crippen molar-refractivity contribution in [2.24, 2.45) is 0 Å². The maximum Gasteiger partial charge on any atom is 0.133 e. The molecule has 1 aliphatic carbocycles. The molecule has 0 atom stereocenters. The third-order valence-electron chi connectivity index (χ3n) is 3.19. The minimum Gasteiger partial charge on any atom is -0.383 e. The second kappa shape index (κ2) is 5.22. The van der Waals surface area contributed by atoms with E-state index < -0.39 is 0 Å². The molecule has 18 heavy (non-hydrogen) atoms. The fourth-order valence-electron chi connectivity index (χ4n) is 2.21. The SMILES string of the molecule is COCCNc1ncnc(C2CC2)c1C(C)(C)C. The molecule has 0 amide bonds. The van der Waals surface area contributed by atoms with Crippen LogP contribution in [0.4, 0.5) is 5.82 Å². The van der Waals surface area contributed by atoms with E-state index in [9.17, 15) is 0 Å². The lowest BCUT2D eigenvalue weighted by Gasteiger charge is -2.25. The predicted molar refractivity (Wildman–Crippen MR) is 73.1 cm³/mol. The second-order valence-electron chi connectivity index (χ2n) is 5.93. The van der Waals surface area contributed by atoms with Crippen LogP contribution in [0.5, 0.6) is 0 Å². The van der Waals surface area contributed by atoms with Crippen LogP contribution in [0.15, 0.2) is 6.33 Å². The zero-order chi connectivity index (χ0) is 13.2. The summed E-state index contributed by atoms with van der Waals surface area (Å²) in [6.45, 7) is 8.13. The third kappa shape index (κ3) is 2.99. The fraction of sp³-hybridized carbons (Fsp3) is 0.714. The molecule has 0 unspecified atom stereocenters. The molecule has 0 aromatic carbocycles. The third-order valence-corrected chi connectivity index (χ3v) is 3.19. The molecule has 4 heteroatoms. The summed E-state index contributed by atoms with van der Waals surface area (Å²) in [7, 11) is 1.71. The summed E-state index contributed by atoms with van der Waals surface area (Å²) in [5.41, 5.74) is 2.57. The van der Waals surface area contributed by atoms with Gasteiger partial charge in [-0.25, -0.2) is 9.97 Å². The Balaban J connectivity index is 2.29. The largest absolute Gasteiger partial charge is 0.383 e. The minimum atomic E-state index is 0.0641. The molecule has 1 aromatic rings. The van der Waals surface area contributed by atoms with Crippen molar-refractivity contribution in [3.8, 4) is 0 Å². The van der Waals surface area contributed by atoms with Gasteiger partial charge in [-0.05, 0) is 18.3 Å². The van der Waals surface area contributed by atoms with E-state index in [4.69, 9.17) is 4.74 Å². The standard InChI is InChI=1S/C14H23N3O/c1-14(2,3)11-12(10-5-6-10)16-9-17-13(11)15-7-8-18-4/h9-10H,5-8H2,1-4H3,(H,15,16,17). The van der Waals surface area contributed by atoms with E-state index in [1.807, 2.05) is 0 Å². The Hall–Kier alpha value is -1.16. The molecule has 0 radical (unpaired) electrons. The van der Waals surface area contributed by atoms with E-state index in [1.165, 1.54) is 24.1 Å². The van der Waals surface area contributed by atoms with E-state index in [-0.39, 0.29) is 5.41 Å². The zero-order valence-corrected chi connectivity index (χ0v) is 11.8. The van der Waals surface area contributed by atoms with Crippen molar-refractivity contribution in [1.82, 2.24) is 9.97 Å². The highest BCUT2D eigenvalue weighted by atomic mass is 16.5. The van der Waals surface area contributed by atoms with Crippen LogP contribution in [0.3, 0.4) is 0 Å². The Bertz CT molecular complexity index is 408. The molecule has 1 N–H and O–H groups in total. The number of hydrogen-bond donors (Lipinski definition) is 1.